The normalized spacial score (nSPS) is 14.6. The second-order valence-electron chi connectivity index (χ2n) is 5.71. The highest BCUT2D eigenvalue weighted by molar-refractivity contribution is 5.94. The van der Waals surface area contributed by atoms with E-state index in [0.717, 1.165) is 5.69 Å². The summed E-state index contributed by atoms with van der Waals surface area (Å²) in [5.41, 5.74) is 3.90. The first kappa shape index (κ1) is 15.5. The number of amides is 1. The molecule has 0 aliphatic carbocycles. The van der Waals surface area contributed by atoms with E-state index < -0.39 is 0 Å². The van der Waals surface area contributed by atoms with Crippen molar-refractivity contribution in [1.29, 1.82) is 0 Å². The minimum atomic E-state index is 0.0137. The zero-order chi connectivity index (χ0) is 16.1. The van der Waals surface area contributed by atoms with Crippen LogP contribution in [0.5, 0.6) is 0 Å². The van der Waals surface area contributed by atoms with Crippen molar-refractivity contribution < 1.29 is 9.53 Å². The number of benzene rings is 1. The van der Waals surface area contributed by atoms with Gasteiger partial charge < -0.3 is 15.0 Å². The number of nitrogens with zero attached hydrogens (tertiary/aromatic N) is 2. The molecule has 3 rings (SSSR count). The molecule has 0 bridgehead atoms. The minimum Gasteiger partial charge on any atom is -0.380 e. The van der Waals surface area contributed by atoms with Crippen molar-refractivity contribution in [3.05, 3.63) is 59.4 Å². The highest BCUT2D eigenvalue weighted by atomic mass is 16.5. The number of nitrogens with one attached hydrogen (secondary N) is 1. The van der Waals surface area contributed by atoms with Crippen molar-refractivity contribution in [2.75, 3.05) is 31.6 Å². The number of anilines is 1. The molecule has 0 unspecified atom stereocenters. The van der Waals surface area contributed by atoms with E-state index in [9.17, 15) is 4.79 Å². The third-order valence-electron chi connectivity index (χ3n) is 3.90. The Morgan fingerprint density at radius 3 is 2.70 bits per heavy atom. The fraction of sp³-hybridized carbons (Fsp3) is 0.333. The van der Waals surface area contributed by atoms with E-state index in [-0.39, 0.29) is 5.91 Å². The average molecular weight is 311 g/mol. The van der Waals surface area contributed by atoms with Gasteiger partial charge in [-0.25, -0.2) is 0 Å². The summed E-state index contributed by atoms with van der Waals surface area (Å²) in [5, 5.41) is 3.32. The van der Waals surface area contributed by atoms with E-state index in [1.54, 1.807) is 12.4 Å². The third-order valence-corrected chi connectivity index (χ3v) is 3.90. The molecule has 5 nitrogen and oxygen atoms in total. The molecule has 5 heteroatoms. The molecule has 23 heavy (non-hydrogen) atoms. The van der Waals surface area contributed by atoms with Gasteiger partial charge in [0.25, 0.3) is 5.91 Å². The number of ether oxygens (including phenoxy) is 1. The van der Waals surface area contributed by atoms with Gasteiger partial charge in [0.1, 0.15) is 0 Å². The lowest BCUT2D eigenvalue weighted by molar-refractivity contribution is 0.0302. The number of carbonyl (C=O) groups excluding carboxylic acids is 1. The fourth-order valence-corrected chi connectivity index (χ4v) is 2.51. The lowest BCUT2D eigenvalue weighted by Crippen LogP contribution is -2.40. The van der Waals surface area contributed by atoms with E-state index in [4.69, 9.17) is 4.74 Å². The van der Waals surface area contributed by atoms with Crippen LogP contribution in [0, 0.1) is 6.92 Å². The summed E-state index contributed by atoms with van der Waals surface area (Å²) < 4.78 is 5.28. The minimum absolute atomic E-state index is 0.0137. The molecule has 1 aromatic heterocycles. The van der Waals surface area contributed by atoms with Crippen molar-refractivity contribution in [3.8, 4) is 0 Å². The summed E-state index contributed by atoms with van der Waals surface area (Å²) in [4.78, 5) is 18.5. The summed E-state index contributed by atoms with van der Waals surface area (Å²) >= 11 is 0. The number of aryl methyl sites for hydroxylation is 1. The van der Waals surface area contributed by atoms with Crippen molar-refractivity contribution in [3.63, 3.8) is 0 Å². The van der Waals surface area contributed by atoms with Gasteiger partial charge >= 0.3 is 0 Å². The molecule has 1 aromatic carbocycles. The Hall–Kier alpha value is -2.40. The maximum absolute atomic E-state index is 12.5. The second-order valence-corrected chi connectivity index (χ2v) is 5.71. The first-order chi connectivity index (χ1) is 11.2. The fourth-order valence-electron chi connectivity index (χ4n) is 2.51. The number of rotatable bonds is 4. The molecule has 0 radical (unpaired) electrons. The molecule has 1 N–H and O–H groups in total. The van der Waals surface area contributed by atoms with Crippen LogP contribution in [0.3, 0.4) is 0 Å². The molecule has 120 valence electrons. The predicted molar refractivity (Wildman–Crippen MR) is 89.5 cm³/mol. The Morgan fingerprint density at radius 2 is 1.96 bits per heavy atom. The quantitative estimate of drug-likeness (QED) is 0.942. The first-order valence-corrected chi connectivity index (χ1v) is 7.84. The van der Waals surface area contributed by atoms with Crippen LogP contribution in [0.15, 0.2) is 42.7 Å². The topological polar surface area (TPSA) is 54.5 Å². The van der Waals surface area contributed by atoms with Crippen LogP contribution in [0.1, 0.15) is 21.5 Å². The largest absolute Gasteiger partial charge is 0.380 e. The van der Waals surface area contributed by atoms with E-state index in [1.807, 2.05) is 11.0 Å². The van der Waals surface area contributed by atoms with Crippen LogP contribution in [0.4, 0.5) is 5.69 Å². The van der Waals surface area contributed by atoms with Gasteiger partial charge in [-0.2, -0.15) is 0 Å². The van der Waals surface area contributed by atoms with Gasteiger partial charge in [-0.1, -0.05) is 29.8 Å². The van der Waals surface area contributed by atoms with Crippen LogP contribution in [0.25, 0.3) is 0 Å². The summed E-state index contributed by atoms with van der Waals surface area (Å²) in [5.74, 6) is 0.0137. The molecule has 0 saturated carbocycles. The summed E-state index contributed by atoms with van der Waals surface area (Å²) in [7, 11) is 0. The molecular formula is C18H21N3O2. The smallest absolute Gasteiger partial charge is 0.255 e. The average Bonchev–Trinajstić information content (AvgIpc) is 2.61. The molecule has 1 aliphatic heterocycles. The van der Waals surface area contributed by atoms with Crippen LogP contribution < -0.4 is 5.32 Å². The van der Waals surface area contributed by atoms with Gasteiger partial charge in [0.15, 0.2) is 0 Å². The highest BCUT2D eigenvalue weighted by Crippen LogP contribution is 2.13. The molecular weight excluding hydrogens is 290 g/mol. The molecule has 0 spiro atoms. The molecule has 1 amide bonds. The lowest BCUT2D eigenvalue weighted by Gasteiger charge is -2.26. The Kier molecular flexibility index (Phi) is 4.88. The Morgan fingerprint density at radius 1 is 1.22 bits per heavy atom. The van der Waals surface area contributed by atoms with E-state index in [2.05, 4.69) is 41.5 Å². The number of pyridine rings is 1. The number of aromatic nitrogens is 1. The Balaban J connectivity index is 1.64. The van der Waals surface area contributed by atoms with Crippen LogP contribution in [-0.4, -0.2) is 42.1 Å². The maximum atomic E-state index is 12.5. The van der Waals surface area contributed by atoms with Crippen molar-refractivity contribution in [2.45, 2.75) is 13.5 Å². The lowest BCUT2D eigenvalue weighted by atomic mass is 10.1. The monoisotopic (exact) mass is 311 g/mol. The van der Waals surface area contributed by atoms with E-state index in [1.165, 1.54) is 11.1 Å². The summed E-state index contributed by atoms with van der Waals surface area (Å²) in [6.07, 6.45) is 3.36. The van der Waals surface area contributed by atoms with Crippen molar-refractivity contribution in [1.82, 2.24) is 9.88 Å². The van der Waals surface area contributed by atoms with Crippen LogP contribution in [0.2, 0.25) is 0 Å². The van der Waals surface area contributed by atoms with E-state index in [0.29, 0.717) is 38.4 Å². The maximum Gasteiger partial charge on any atom is 0.255 e. The zero-order valence-corrected chi connectivity index (χ0v) is 13.3. The van der Waals surface area contributed by atoms with Gasteiger partial charge in [-0.15, -0.1) is 0 Å². The molecule has 0 atom stereocenters. The molecule has 1 saturated heterocycles. The number of hydrogen-bond acceptors (Lipinski definition) is 4. The summed E-state index contributed by atoms with van der Waals surface area (Å²) in [6, 6.07) is 10.2. The molecule has 1 aliphatic rings. The highest BCUT2D eigenvalue weighted by Gasteiger charge is 2.18. The van der Waals surface area contributed by atoms with Crippen molar-refractivity contribution >= 4 is 11.6 Å². The number of hydrogen-bond donors (Lipinski definition) is 1. The first-order valence-electron chi connectivity index (χ1n) is 7.84. The molecule has 2 aromatic rings. The van der Waals surface area contributed by atoms with Gasteiger partial charge in [0.2, 0.25) is 0 Å². The Bertz CT molecular complexity index is 664. The van der Waals surface area contributed by atoms with Gasteiger partial charge in [0.05, 0.1) is 24.5 Å². The van der Waals surface area contributed by atoms with Crippen LogP contribution in [-0.2, 0) is 11.3 Å². The third kappa shape index (κ3) is 4.07. The van der Waals surface area contributed by atoms with Gasteiger partial charge in [-0.05, 0) is 18.6 Å². The van der Waals surface area contributed by atoms with Crippen LogP contribution >= 0.6 is 0 Å². The predicted octanol–water partition coefficient (Wildman–Crippen LogP) is 2.47. The molecule has 1 fully saturated rings. The SMILES string of the molecule is Cc1ccc(CNc2cncc(C(=O)N3CCOCC3)c2)cc1. The second kappa shape index (κ2) is 7.24. The molecule has 2 heterocycles. The van der Waals surface area contributed by atoms with Gasteiger partial charge in [-0.3, -0.25) is 9.78 Å². The van der Waals surface area contributed by atoms with E-state index >= 15 is 0 Å². The number of carbonyl (C=O) groups is 1. The summed E-state index contributed by atoms with van der Waals surface area (Å²) in [6.45, 7) is 5.26. The Labute approximate surface area is 136 Å². The standard InChI is InChI=1S/C18H21N3O2/c1-14-2-4-15(5-3-14)11-20-17-10-16(12-19-13-17)18(22)21-6-8-23-9-7-21/h2-5,10,12-13,20H,6-9,11H2,1H3. The van der Waals surface area contributed by atoms with Gasteiger partial charge in [0, 0.05) is 32.0 Å². The van der Waals surface area contributed by atoms with Crippen molar-refractivity contribution in [2.24, 2.45) is 0 Å². The number of morpholine rings is 1. The zero-order valence-electron chi connectivity index (χ0n) is 13.3.